The van der Waals surface area contributed by atoms with E-state index in [1.807, 2.05) is 0 Å². The number of pyridine rings is 2. The van der Waals surface area contributed by atoms with Crippen molar-refractivity contribution in [3.8, 4) is 0 Å². The van der Waals surface area contributed by atoms with E-state index in [2.05, 4.69) is 141 Å². The van der Waals surface area contributed by atoms with Crippen molar-refractivity contribution < 1.29 is 102 Å². The van der Waals surface area contributed by atoms with Gasteiger partial charge in [-0.3, -0.25) is 29.5 Å². The van der Waals surface area contributed by atoms with E-state index in [4.69, 9.17) is 48.1 Å². The second-order valence-electron chi connectivity index (χ2n) is 23.1. The van der Waals surface area contributed by atoms with Gasteiger partial charge in [-0.25, -0.2) is 20.4 Å². The molecular weight excluding hydrogens is 1300 g/mol. The number of para-hydroxylation sites is 2. The maximum absolute atomic E-state index is 12.7. The first-order valence-electron chi connectivity index (χ1n) is 30.0. The Bertz CT molecular complexity index is 3220. The number of aromatic nitrogens is 2. The summed E-state index contributed by atoms with van der Waals surface area (Å²) in [5.41, 5.74) is 10.8. The number of nitrogens with zero attached hydrogens (tertiary/aromatic N) is 4. The molecule has 2 aromatic heterocycles. The fourth-order valence-corrected chi connectivity index (χ4v) is 11.1. The molecule has 25 heteroatoms. The number of allylic oxidation sites excluding steroid dienone is 8. The van der Waals surface area contributed by atoms with Crippen molar-refractivity contribution in [1.29, 1.82) is 0 Å². The molecule has 22 nitrogen and oxygen atoms in total. The number of carboxylic acid groups (broad SMARTS) is 4. The third kappa shape index (κ3) is 22.9. The summed E-state index contributed by atoms with van der Waals surface area (Å²) in [6.45, 7) is 9.20. The summed E-state index contributed by atoms with van der Waals surface area (Å²) in [4.78, 5) is 78.5. The number of aliphatic hydroxyl groups excluding tert-OH is 3. The quantitative estimate of drug-likeness (QED) is 0.0135. The van der Waals surface area contributed by atoms with Gasteiger partial charge in [-0.2, -0.15) is 4.58 Å². The van der Waals surface area contributed by atoms with Gasteiger partial charge in [0.1, 0.15) is 18.4 Å². The molecule has 1 atom stereocenters. The number of aliphatic hydroxyl groups is 3. The Morgan fingerprint density at radius 1 is 0.747 bits per heavy atom. The van der Waals surface area contributed by atoms with E-state index in [-0.39, 0.29) is 73.2 Å². The average molecular weight is 1380 g/mol. The van der Waals surface area contributed by atoms with Crippen molar-refractivity contribution in [2.75, 3.05) is 56.3 Å². The van der Waals surface area contributed by atoms with Gasteiger partial charge < -0.3 is 69.1 Å². The van der Waals surface area contributed by atoms with Crippen LogP contribution in [0, 0.1) is 0 Å². The molecule has 495 valence electrons. The van der Waals surface area contributed by atoms with Crippen LogP contribution in [0.2, 0.25) is 0 Å². The number of carbonyl (C=O) groups is 6. The SMILES string of the molecule is CC1(C)C(/C=C/C2=C(Cl)C(=C/C=C3/N(CCCCCC(=O)O)c4ccccc4C3(C)C)/CCC2)=[N+](CCCCCC(=O)NCCCCC(NC(=O)c2ccc(NN)nc2)C(=O)O)c2ccccc21.O=C(O)CNC(CO)(CO)CO.O=C(O)c1cccnc1.[99Tc].[Cl-]. The maximum atomic E-state index is 12.7. The molecule has 13 N–H and O–H groups in total. The second-order valence-corrected chi connectivity index (χ2v) is 23.5. The number of hydrogen-bond acceptors (Lipinski definition) is 15. The molecule has 2 amide bonds. The Morgan fingerprint density at radius 3 is 2.04 bits per heavy atom. The van der Waals surface area contributed by atoms with Gasteiger partial charge in [-0.15, -0.1) is 0 Å². The average Bonchev–Trinajstić information content (AvgIpc) is 1.63. The minimum atomic E-state index is -1.31. The fraction of sp³-hybridized carbons (Fsp3) is 0.439. The molecule has 0 spiro atoms. The van der Waals surface area contributed by atoms with Crippen LogP contribution in [0.4, 0.5) is 17.2 Å². The summed E-state index contributed by atoms with van der Waals surface area (Å²) in [7, 11) is 0. The zero-order chi connectivity index (χ0) is 65.2. The molecule has 2 aliphatic heterocycles. The van der Waals surface area contributed by atoms with E-state index >= 15 is 0 Å². The third-order valence-corrected chi connectivity index (χ3v) is 16.4. The minimum Gasteiger partial charge on any atom is -1.00 e. The number of aromatic carboxylic acids is 1. The molecule has 1 radical (unpaired) electrons. The van der Waals surface area contributed by atoms with Crippen LogP contribution in [-0.4, -0.2) is 149 Å². The molecule has 0 bridgehead atoms. The molecule has 0 fully saturated rings. The van der Waals surface area contributed by atoms with Gasteiger partial charge in [0.2, 0.25) is 11.6 Å². The monoisotopic (exact) mass is 1380 g/mol. The molecule has 91 heavy (non-hydrogen) atoms. The number of rotatable bonds is 31. The third-order valence-electron chi connectivity index (χ3n) is 15.9. The predicted octanol–water partition coefficient (Wildman–Crippen LogP) is 5.12. The number of carboxylic acids is 4. The van der Waals surface area contributed by atoms with E-state index in [0.717, 1.165) is 80.6 Å². The summed E-state index contributed by atoms with van der Waals surface area (Å²) in [6.07, 6.45) is 22.9. The first kappa shape index (κ1) is 78.1. The summed E-state index contributed by atoms with van der Waals surface area (Å²) in [6, 6.07) is 22.2. The van der Waals surface area contributed by atoms with Gasteiger partial charge in [0, 0.05) is 111 Å². The second kappa shape index (κ2) is 38.6. The molecule has 1 aliphatic carbocycles. The predicted molar refractivity (Wildman–Crippen MR) is 341 cm³/mol. The number of fused-ring (bicyclic) bond motifs is 2. The number of nitrogens with one attached hydrogen (secondary N) is 4. The molecule has 7 rings (SSSR count). The van der Waals surface area contributed by atoms with Crippen LogP contribution >= 0.6 is 11.6 Å². The number of aliphatic carboxylic acids is 3. The van der Waals surface area contributed by atoms with Crippen LogP contribution in [0.5, 0.6) is 0 Å². The van der Waals surface area contributed by atoms with Crippen molar-refractivity contribution in [3.05, 3.63) is 160 Å². The number of hydrazine groups is 1. The standard InChI is InChI=1S/C54H68ClN7O6.C6H13NO5.C6H5NO2.ClH.Tc/c1-53(2)40-20-9-11-23-43(40)61(34-15-5-7-25-48(63)57-33-14-13-22-42(52(67)68)59-51(66)39-29-32-47(60-56)58-36-39)45(53)30-27-37-18-17-19-38(50(37)55)28-31-46-54(3,4)41-21-10-12-24-44(41)62(46)35-16-6-8-26-49(64)65;8-2-6(3-9,4-10)7-1-5(11)12;8-6(9)5-2-1-3-7-4-5;;/h9-12,20-21,23-24,27-32,36,42H,5-8,13-19,22,25-26,33-35,56H2,1-4H3,(H4-,57,58,59,60,63,64,65,66,67,68);7-10H,1-4H2,(H,11,12);1-4H,(H,8,9);1H;/i;;;;1+1. The summed E-state index contributed by atoms with van der Waals surface area (Å²) in [5, 5.41) is 70.2. The van der Waals surface area contributed by atoms with E-state index in [1.165, 1.54) is 70.7 Å². The number of carbonyl (C=O) groups excluding carboxylic acids is 2. The summed E-state index contributed by atoms with van der Waals surface area (Å²) >= 11 is 7.29. The van der Waals surface area contributed by atoms with Gasteiger partial charge in [-0.1, -0.05) is 80.4 Å². The first-order chi connectivity index (χ1) is 42.5. The number of halogens is 2. The van der Waals surface area contributed by atoms with Gasteiger partial charge >= 0.3 is 23.9 Å². The van der Waals surface area contributed by atoms with E-state index < -0.39 is 67.7 Å². The molecule has 1 unspecified atom stereocenters. The van der Waals surface area contributed by atoms with Crippen LogP contribution in [0.25, 0.3) is 0 Å². The molecule has 0 saturated heterocycles. The molecule has 2 aromatic carbocycles. The van der Waals surface area contributed by atoms with E-state index in [9.17, 15) is 33.9 Å². The molecule has 4 heterocycles. The Hall–Kier alpha value is -7.18. The van der Waals surface area contributed by atoms with Crippen molar-refractivity contribution in [1.82, 2.24) is 25.9 Å². The van der Waals surface area contributed by atoms with Crippen molar-refractivity contribution >= 4 is 70.2 Å². The topological polar surface area (TPSA) is 350 Å². The van der Waals surface area contributed by atoms with Crippen molar-refractivity contribution in [3.63, 3.8) is 0 Å². The van der Waals surface area contributed by atoms with Crippen LogP contribution in [0.15, 0.2) is 138 Å². The van der Waals surface area contributed by atoms with Crippen LogP contribution in [-0.2, 0) is 50.1 Å². The maximum Gasteiger partial charge on any atom is 0.337 e. The van der Waals surface area contributed by atoms with Gasteiger partial charge in [0.15, 0.2) is 5.71 Å². The summed E-state index contributed by atoms with van der Waals surface area (Å²) < 4.78 is 2.43. The minimum absolute atomic E-state index is 0. The Balaban J connectivity index is 0.000000796. The van der Waals surface area contributed by atoms with Crippen molar-refractivity contribution in [2.24, 2.45) is 5.84 Å². The largest absolute Gasteiger partial charge is 1.00 e. The molecule has 3 aliphatic rings. The van der Waals surface area contributed by atoms with E-state index in [0.29, 0.717) is 38.0 Å². The number of anilines is 2. The number of benzene rings is 2. The Kier molecular flexibility index (Phi) is 33.1. The number of hydrogen-bond donors (Lipinski definition) is 12. The smallest absolute Gasteiger partial charge is 0.337 e. The first-order valence-corrected chi connectivity index (χ1v) is 30.4. The van der Waals surface area contributed by atoms with Crippen LogP contribution < -0.4 is 44.5 Å². The molecule has 4 aromatic rings. The Morgan fingerprint density at radius 2 is 1.43 bits per heavy atom. The molecular formula is C66H87Cl2N9O13Tc. The van der Waals surface area contributed by atoms with Crippen molar-refractivity contribution in [2.45, 2.75) is 140 Å². The van der Waals surface area contributed by atoms with Crippen LogP contribution in [0.1, 0.15) is 149 Å². The fourth-order valence-electron chi connectivity index (χ4n) is 10.8. The van der Waals surface area contributed by atoms with Gasteiger partial charge in [-0.05, 0) is 131 Å². The zero-order valence-electron chi connectivity index (χ0n) is 52.0. The number of amides is 2. The zero-order valence-corrected chi connectivity index (χ0v) is 55.3. The normalized spacial score (nSPS) is 15.6. The van der Waals surface area contributed by atoms with Crippen LogP contribution in [0.3, 0.4) is 0 Å². The number of nitrogens with two attached hydrogens (primary N) is 1. The number of nitrogen functional groups attached to an aromatic ring is 1. The van der Waals surface area contributed by atoms with Gasteiger partial charge in [0.25, 0.3) is 5.91 Å². The molecule has 0 saturated carbocycles. The number of unbranched alkanes of at least 4 members (excludes halogenated alkanes) is 5. The van der Waals surface area contributed by atoms with Gasteiger partial charge in [0.05, 0.1) is 48.4 Å². The Labute approximate surface area is 556 Å². The van der Waals surface area contributed by atoms with E-state index in [1.54, 1.807) is 6.07 Å². The summed E-state index contributed by atoms with van der Waals surface area (Å²) in [5.74, 6) is 1.22.